The first kappa shape index (κ1) is 13.1. The van der Waals surface area contributed by atoms with Crippen LogP contribution in [0, 0.1) is 11.3 Å². The molecule has 0 aliphatic rings. The van der Waals surface area contributed by atoms with Crippen molar-refractivity contribution in [1.29, 1.82) is 0 Å². The number of halogens is 1. The summed E-state index contributed by atoms with van der Waals surface area (Å²) in [4.78, 5) is 4.39. The van der Waals surface area contributed by atoms with Crippen molar-refractivity contribution < 1.29 is 0 Å². The van der Waals surface area contributed by atoms with Gasteiger partial charge in [-0.05, 0) is 23.5 Å². The van der Waals surface area contributed by atoms with E-state index in [9.17, 15) is 0 Å². The molecule has 0 aromatic carbocycles. The van der Waals surface area contributed by atoms with Gasteiger partial charge in [0.2, 0.25) is 5.95 Å². The Morgan fingerprint density at radius 2 is 2.11 bits per heavy atom. The van der Waals surface area contributed by atoms with Crippen LogP contribution in [0.4, 0.5) is 5.95 Å². The number of anilines is 1. The molecule has 18 heavy (non-hydrogen) atoms. The molecule has 2 heterocycles. The Bertz CT molecular complexity index is 541. The van der Waals surface area contributed by atoms with Crippen LogP contribution in [0.1, 0.15) is 27.7 Å². The fourth-order valence-electron chi connectivity index (χ4n) is 1.48. The van der Waals surface area contributed by atoms with Crippen LogP contribution in [-0.2, 0) is 0 Å². The molecule has 0 fully saturated rings. The lowest BCUT2D eigenvalue weighted by atomic mass is 9.82. The Kier molecular flexibility index (Phi) is 3.48. The second-order valence-electron chi connectivity index (χ2n) is 5.73. The summed E-state index contributed by atoms with van der Waals surface area (Å²) < 4.78 is 1.69. The van der Waals surface area contributed by atoms with E-state index < -0.39 is 0 Å². The van der Waals surface area contributed by atoms with Crippen molar-refractivity contribution in [3.63, 3.8) is 0 Å². The van der Waals surface area contributed by atoms with Gasteiger partial charge in [0.25, 0.3) is 0 Å². The van der Waals surface area contributed by atoms with E-state index in [4.69, 9.17) is 11.6 Å². The maximum Gasteiger partial charge on any atom is 0.243 e. The van der Waals surface area contributed by atoms with Gasteiger partial charge >= 0.3 is 0 Å². The minimum Gasteiger partial charge on any atom is -0.353 e. The lowest BCUT2D eigenvalue weighted by Crippen LogP contribution is -2.25. The Hall–Kier alpha value is -1.29. The largest absolute Gasteiger partial charge is 0.353 e. The molecular weight excluding hydrogens is 248 g/mol. The number of nitrogens with one attached hydrogen (secondary N) is 1. The Labute approximate surface area is 112 Å². The van der Waals surface area contributed by atoms with Crippen LogP contribution in [0.2, 0.25) is 5.02 Å². The first-order chi connectivity index (χ1) is 8.36. The van der Waals surface area contributed by atoms with Gasteiger partial charge in [0.1, 0.15) is 0 Å². The van der Waals surface area contributed by atoms with E-state index in [2.05, 4.69) is 43.1 Å². The molecule has 2 aromatic heterocycles. The van der Waals surface area contributed by atoms with Gasteiger partial charge in [-0.15, -0.1) is 5.10 Å². The third kappa shape index (κ3) is 2.93. The van der Waals surface area contributed by atoms with Gasteiger partial charge in [-0.2, -0.15) is 4.98 Å². The van der Waals surface area contributed by atoms with Gasteiger partial charge in [-0.1, -0.05) is 39.3 Å². The number of hydrogen-bond acceptors (Lipinski definition) is 3. The van der Waals surface area contributed by atoms with Gasteiger partial charge in [0, 0.05) is 12.7 Å². The normalized spacial score (nSPS) is 13.8. The van der Waals surface area contributed by atoms with Crippen molar-refractivity contribution in [3.8, 4) is 0 Å². The number of rotatable bonds is 3. The minimum atomic E-state index is 0.273. The molecule has 98 valence electrons. The third-order valence-corrected chi connectivity index (χ3v) is 3.56. The van der Waals surface area contributed by atoms with Crippen molar-refractivity contribution >= 4 is 23.2 Å². The minimum absolute atomic E-state index is 0.273. The molecule has 4 nitrogen and oxygen atoms in total. The molecule has 5 heteroatoms. The quantitative estimate of drug-likeness (QED) is 0.925. The number of nitrogens with zero attached hydrogens (tertiary/aromatic N) is 3. The molecule has 0 aliphatic heterocycles. The van der Waals surface area contributed by atoms with Crippen molar-refractivity contribution in [3.05, 3.63) is 23.4 Å². The predicted molar refractivity (Wildman–Crippen MR) is 75.1 cm³/mol. The molecule has 0 amide bonds. The maximum absolute atomic E-state index is 5.91. The topological polar surface area (TPSA) is 42.2 Å². The van der Waals surface area contributed by atoms with Crippen molar-refractivity contribution in [2.75, 3.05) is 11.9 Å². The molecule has 0 bridgehead atoms. The lowest BCUT2D eigenvalue weighted by molar-refractivity contribution is 0.274. The Morgan fingerprint density at radius 3 is 2.78 bits per heavy atom. The highest BCUT2D eigenvalue weighted by molar-refractivity contribution is 6.30. The van der Waals surface area contributed by atoms with E-state index >= 15 is 0 Å². The highest BCUT2D eigenvalue weighted by Crippen LogP contribution is 2.25. The van der Waals surface area contributed by atoms with E-state index in [0.717, 1.165) is 12.2 Å². The van der Waals surface area contributed by atoms with Crippen LogP contribution < -0.4 is 5.32 Å². The average molecular weight is 267 g/mol. The highest BCUT2D eigenvalue weighted by atomic mass is 35.5. The van der Waals surface area contributed by atoms with Crippen LogP contribution in [0.15, 0.2) is 18.3 Å². The lowest BCUT2D eigenvalue weighted by Gasteiger charge is -2.27. The van der Waals surface area contributed by atoms with Crippen molar-refractivity contribution in [1.82, 2.24) is 14.6 Å². The van der Waals surface area contributed by atoms with Crippen LogP contribution in [-0.4, -0.2) is 21.1 Å². The number of pyridine rings is 1. The van der Waals surface area contributed by atoms with Crippen LogP contribution in [0.25, 0.3) is 5.65 Å². The van der Waals surface area contributed by atoms with Crippen LogP contribution in [0.5, 0.6) is 0 Å². The summed E-state index contributed by atoms with van der Waals surface area (Å²) in [6, 6.07) is 3.67. The second-order valence-corrected chi connectivity index (χ2v) is 6.17. The van der Waals surface area contributed by atoms with Gasteiger partial charge < -0.3 is 5.32 Å². The summed E-state index contributed by atoms with van der Waals surface area (Å²) in [5, 5.41) is 8.27. The van der Waals surface area contributed by atoms with Crippen LogP contribution >= 0.6 is 11.6 Å². The van der Waals surface area contributed by atoms with Gasteiger partial charge in [0.05, 0.1) is 5.02 Å². The molecule has 2 rings (SSSR count). The molecule has 0 aliphatic carbocycles. The van der Waals surface area contributed by atoms with Gasteiger partial charge in [-0.3, -0.25) is 0 Å². The fourth-order valence-corrected chi connectivity index (χ4v) is 1.64. The van der Waals surface area contributed by atoms with Gasteiger partial charge in [0.15, 0.2) is 5.65 Å². The molecule has 1 N–H and O–H groups in total. The highest BCUT2D eigenvalue weighted by Gasteiger charge is 2.20. The predicted octanol–water partition coefficient (Wildman–Crippen LogP) is 3.48. The third-order valence-electron chi connectivity index (χ3n) is 3.34. The number of fused-ring (bicyclic) bond motifs is 1. The monoisotopic (exact) mass is 266 g/mol. The SMILES string of the molecule is CC(CNc1nc2ccc(Cl)cn2n1)C(C)(C)C. The summed E-state index contributed by atoms with van der Waals surface area (Å²) in [6.45, 7) is 9.77. The average Bonchev–Trinajstić information content (AvgIpc) is 2.66. The van der Waals surface area contributed by atoms with Crippen molar-refractivity contribution in [2.45, 2.75) is 27.7 Å². The Balaban J connectivity index is 2.09. The van der Waals surface area contributed by atoms with E-state index in [1.54, 1.807) is 10.7 Å². The molecule has 0 radical (unpaired) electrons. The molecule has 0 saturated heterocycles. The number of aromatic nitrogens is 3. The molecule has 0 spiro atoms. The first-order valence-electron chi connectivity index (χ1n) is 6.12. The van der Waals surface area contributed by atoms with Crippen molar-refractivity contribution in [2.24, 2.45) is 11.3 Å². The summed E-state index contributed by atoms with van der Waals surface area (Å²) in [6.07, 6.45) is 1.75. The van der Waals surface area contributed by atoms with E-state index in [1.165, 1.54) is 0 Å². The second kappa shape index (κ2) is 4.76. The zero-order chi connectivity index (χ0) is 13.3. The fraction of sp³-hybridized carbons (Fsp3) is 0.538. The summed E-state index contributed by atoms with van der Waals surface area (Å²) in [7, 11) is 0. The van der Waals surface area contributed by atoms with Gasteiger partial charge in [-0.25, -0.2) is 4.52 Å². The molecule has 1 unspecified atom stereocenters. The van der Waals surface area contributed by atoms with Crippen LogP contribution in [0.3, 0.4) is 0 Å². The maximum atomic E-state index is 5.91. The molecule has 1 atom stereocenters. The molecule has 2 aromatic rings. The summed E-state index contributed by atoms with van der Waals surface area (Å²) >= 11 is 5.91. The summed E-state index contributed by atoms with van der Waals surface area (Å²) in [5.74, 6) is 1.18. The standard InChI is InChI=1S/C13H19ClN4/c1-9(13(2,3)4)7-15-12-16-11-6-5-10(14)8-18(11)17-12/h5-6,8-9H,7H2,1-4H3,(H,15,17). The van der Waals surface area contributed by atoms with E-state index in [1.807, 2.05) is 12.1 Å². The zero-order valence-corrected chi connectivity index (χ0v) is 12.0. The summed E-state index contributed by atoms with van der Waals surface area (Å²) in [5.41, 5.74) is 1.07. The number of hydrogen-bond donors (Lipinski definition) is 1. The smallest absolute Gasteiger partial charge is 0.243 e. The zero-order valence-electron chi connectivity index (χ0n) is 11.2. The first-order valence-corrected chi connectivity index (χ1v) is 6.50. The van der Waals surface area contributed by atoms with E-state index in [-0.39, 0.29) is 5.41 Å². The Morgan fingerprint density at radius 1 is 1.39 bits per heavy atom. The molecular formula is C13H19ClN4. The van der Waals surface area contributed by atoms with E-state index in [0.29, 0.717) is 16.9 Å². The molecule has 0 saturated carbocycles.